The molecular weight excluding hydrogens is 288 g/mol. The molecule has 0 aliphatic heterocycles. The fourth-order valence-corrected chi connectivity index (χ4v) is 3.21. The van der Waals surface area contributed by atoms with Crippen LogP contribution >= 0.6 is 24.0 Å². The van der Waals surface area contributed by atoms with Crippen LogP contribution in [0.5, 0.6) is 0 Å². The van der Waals surface area contributed by atoms with Crippen molar-refractivity contribution in [2.75, 3.05) is 0 Å². The van der Waals surface area contributed by atoms with E-state index in [2.05, 4.69) is 12.6 Å². The van der Waals surface area contributed by atoms with Gasteiger partial charge < -0.3 is 0 Å². The summed E-state index contributed by atoms with van der Waals surface area (Å²) in [5, 5.41) is 15.0. The molecule has 1 aromatic rings. The lowest BCUT2D eigenvalue weighted by atomic mass is 10.1. The minimum atomic E-state index is -4.02. The van der Waals surface area contributed by atoms with Crippen LogP contribution in [0.15, 0.2) is 10.3 Å². The van der Waals surface area contributed by atoms with Gasteiger partial charge in [0.15, 0.2) is 5.12 Å². The van der Waals surface area contributed by atoms with Crippen LogP contribution in [0.3, 0.4) is 0 Å². The van der Waals surface area contributed by atoms with Gasteiger partial charge in [-0.2, -0.15) is 0 Å². The number of nitrogens with zero attached hydrogens (tertiary/aromatic N) is 1. The largest absolute Gasteiger partial charge is 0.287 e. The number of rotatable bonds is 4. The molecule has 0 spiro atoms. The maximum absolute atomic E-state index is 11.1. The second kappa shape index (κ2) is 4.72. The molecule has 0 fully saturated rings. The molecule has 0 radical (unpaired) electrons. The van der Waals surface area contributed by atoms with E-state index in [-0.39, 0.29) is 9.09 Å². The highest BCUT2D eigenvalue weighted by atomic mass is 32.2. The van der Waals surface area contributed by atoms with E-state index < -0.39 is 31.7 Å². The number of nitro groups is 1. The summed E-state index contributed by atoms with van der Waals surface area (Å²) >= 11 is 4.17. The Hall–Kier alpha value is -0.970. The van der Waals surface area contributed by atoms with Gasteiger partial charge >= 0.3 is 0 Å². The molecule has 0 aliphatic rings. The standard InChI is InChI=1S/C7H8N2O5S3/c1-3(7(10)15)6-4(9(11)12)2-5(16-6)17(8,13)14/h2-3H,1H3,(H,10,15)(H2,8,13,14). The summed E-state index contributed by atoms with van der Waals surface area (Å²) < 4.78 is 21.8. The van der Waals surface area contributed by atoms with Gasteiger partial charge in [0.05, 0.1) is 15.7 Å². The Morgan fingerprint density at radius 1 is 1.65 bits per heavy atom. The molecule has 1 rings (SSSR count). The molecule has 0 aromatic carbocycles. The molecule has 2 N–H and O–H groups in total. The maximum Gasteiger partial charge on any atom is 0.285 e. The topological polar surface area (TPSA) is 120 Å². The van der Waals surface area contributed by atoms with Crippen LogP contribution in [0, 0.1) is 10.1 Å². The Bertz CT molecular complexity index is 576. The quantitative estimate of drug-likeness (QED) is 0.485. The molecule has 0 saturated carbocycles. The zero-order chi connectivity index (χ0) is 13.4. The summed E-state index contributed by atoms with van der Waals surface area (Å²) in [5.74, 6) is -0.862. The van der Waals surface area contributed by atoms with Gasteiger partial charge in [0.1, 0.15) is 4.21 Å². The van der Waals surface area contributed by atoms with Crippen LogP contribution in [0.4, 0.5) is 5.69 Å². The average molecular weight is 296 g/mol. The van der Waals surface area contributed by atoms with Crippen molar-refractivity contribution in [3.05, 3.63) is 21.1 Å². The van der Waals surface area contributed by atoms with E-state index in [1.54, 1.807) is 0 Å². The van der Waals surface area contributed by atoms with Crippen LogP contribution in [0.25, 0.3) is 0 Å². The van der Waals surface area contributed by atoms with Crippen LogP contribution in [-0.4, -0.2) is 18.5 Å². The summed E-state index contributed by atoms with van der Waals surface area (Å²) in [6.07, 6.45) is 0. The number of primary sulfonamides is 1. The highest BCUT2D eigenvalue weighted by molar-refractivity contribution is 7.96. The van der Waals surface area contributed by atoms with Gasteiger partial charge in [-0.3, -0.25) is 14.9 Å². The van der Waals surface area contributed by atoms with Crippen molar-refractivity contribution >= 4 is 44.8 Å². The fraction of sp³-hybridized carbons (Fsp3) is 0.286. The molecule has 0 saturated heterocycles. The molecule has 0 bridgehead atoms. The number of hydrogen-bond donors (Lipinski definition) is 2. The number of nitrogens with two attached hydrogens (primary N) is 1. The predicted octanol–water partition coefficient (Wildman–Crippen LogP) is 0.864. The molecule has 1 aromatic heterocycles. The number of carbonyl (C=O) groups is 1. The average Bonchev–Trinajstić information content (AvgIpc) is 2.59. The number of sulfonamides is 1. The molecule has 17 heavy (non-hydrogen) atoms. The Kier molecular flexibility index (Phi) is 3.91. The molecule has 10 heteroatoms. The second-order valence-electron chi connectivity index (χ2n) is 3.18. The Labute approximate surface area is 106 Å². The molecular formula is C7H8N2O5S3. The SMILES string of the molecule is CC(C(=O)S)c1sc(S(N)(=O)=O)cc1[N+](=O)[O-]. The van der Waals surface area contributed by atoms with Gasteiger partial charge in [0, 0.05) is 6.07 Å². The molecule has 1 atom stereocenters. The van der Waals surface area contributed by atoms with Crippen LogP contribution < -0.4 is 5.14 Å². The highest BCUT2D eigenvalue weighted by Gasteiger charge is 2.29. The summed E-state index contributed by atoms with van der Waals surface area (Å²) in [6.45, 7) is 1.40. The fourth-order valence-electron chi connectivity index (χ4n) is 1.08. The highest BCUT2D eigenvalue weighted by Crippen LogP contribution is 2.37. The van der Waals surface area contributed by atoms with Crippen molar-refractivity contribution < 1.29 is 18.1 Å². The minimum absolute atomic E-state index is 0.0269. The lowest BCUT2D eigenvalue weighted by Gasteiger charge is -2.02. The minimum Gasteiger partial charge on any atom is -0.287 e. The van der Waals surface area contributed by atoms with E-state index in [0.717, 1.165) is 6.07 Å². The van der Waals surface area contributed by atoms with Gasteiger partial charge in [-0.1, -0.05) is 0 Å². The Morgan fingerprint density at radius 2 is 2.18 bits per heavy atom. The summed E-state index contributed by atoms with van der Waals surface area (Å²) in [4.78, 5) is 21.0. The Morgan fingerprint density at radius 3 is 2.53 bits per heavy atom. The number of thiol groups is 1. The van der Waals surface area contributed by atoms with E-state index in [1.807, 2.05) is 0 Å². The third-order valence-corrected chi connectivity index (χ3v) is 5.07. The molecule has 0 aliphatic carbocycles. The number of carbonyl (C=O) groups excluding carboxylic acids is 1. The summed E-state index contributed by atoms with van der Waals surface area (Å²) in [6, 6.07) is 0.850. The first-order valence-corrected chi connectivity index (χ1v) is 6.99. The second-order valence-corrected chi connectivity index (χ2v) is 6.49. The predicted molar refractivity (Wildman–Crippen MR) is 64.8 cm³/mol. The molecule has 94 valence electrons. The monoisotopic (exact) mass is 296 g/mol. The van der Waals surface area contributed by atoms with Crippen molar-refractivity contribution in [1.82, 2.24) is 0 Å². The van der Waals surface area contributed by atoms with Crippen molar-refractivity contribution in [3.63, 3.8) is 0 Å². The van der Waals surface area contributed by atoms with Crippen LogP contribution in [-0.2, 0) is 14.8 Å². The zero-order valence-corrected chi connectivity index (χ0v) is 11.0. The lowest BCUT2D eigenvalue weighted by Crippen LogP contribution is -2.10. The van der Waals surface area contributed by atoms with E-state index in [1.165, 1.54) is 6.92 Å². The van der Waals surface area contributed by atoms with Crippen molar-refractivity contribution in [1.29, 1.82) is 0 Å². The summed E-state index contributed by atoms with van der Waals surface area (Å²) in [7, 11) is -4.02. The van der Waals surface area contributed by atoms with Gasteiger partial charge in [-0.15, -0.1) is 24.0 Å². The Balaban J connectivity index is 3.44. The van der Waals surface area contributed by atoms with Crippen LogP contribution in [0.1, 0.15) is 17.7 Å². The summed E-state index contributed by atoms with van der Waals surface area (Å²) in [5.41, 5.74) is -0.436. The maximum atomic E-state index is 11.1. The molecule has 0 amide bonds. The third kappa shape index (κ3) is 3.03. The number of thiophene rings is 1. The number of hydrogen-bond acceptors (Lipinski definition) is 6. The lowest BCUT2D eigenvalue weighted by molar-refractivity contribution is -0.385. The zero-order valence-electron chi connectivity index (χ0n) is 8.48. The molecule has 7 nitrogen and oxygen atoms in total. The van der Waals surface area contributed by atoms with Crippen molar-refractivity contribution in [3.8, 4) is 0 Å². The van der Waals surface area contributed by atoms with E-state index >= 15 is 0 Å². The first-order valence-electron chi connectivity index (χ1n) is 4.18. The third-order valence-electron chi connectivity index (χ3n) is 1.96. The van der Waals surface area contributed by atoms with Crippen LogP contribution in [0.2, 0.25) is 0 Å². The van der Waals surface area contributed by atoms with Gasteiger partial charge in [0.2, 0.25) is 10.0 Å². The van der Waals surface area contributed by atoms with Gasteiger partial charge in [0.25, 0.3) is 5.69 Å². The van der Waals surface area contributed by atoms with Crippen molar-refractivity contribution in [2.24, 2.45) is 5.14 Å². The first kappa shape index (κ1) is 14.1. The van der Waals surface area contributed by atoms with E-state index in [4.69, 9.17) is 5.14 Å². The smallest absolute Gasteiger partial charge is 0.285 e. The van der Waals surface area contributed by atoms with Gasteiger partial charge in [-0.05, 0) is 6.92 Å². The molecule has 1 unspecified atom stereocenters. The van der Waals surface area contributed by atoms with E-state index in [9.17, 15) is 23.3 Å². The first-order chi connectivity index (χ1) is 7.64. The van der Waals surface area contributed by atoms with Crippen molar-refractivity contribution in [2.45, 2.75) is 17.1 Å². The molecule has 1 heterocycles. The van der Waals surface area contributed by atoms with Gasteiger partial charge in [-0.25, -0.2) is 13.6 Å². The normalized spacial score (nSPS) is 13.4. The van der Waals surface area contributed by atoms with E-state index in [0.29, 0.717) is 11.3 Å².